The van der Waals surface area contributed by atoms with Crippen molar-refractivity contribution in [3.63, 3.8) is 0 Å². The van der Waals surface area contributed by atoms with Crippen LogP contribution in [0.1, 0.15) is 28.7 Å². The first-order chi connectivity index (χ1) is 14.6. The molecule has 30 heavy (non-hydrogen) atoms. The van der Waals surface area contributed by atoms with Crippen LogP contribution in [0.15, 0.2) is 84.9 Å². The molecule has 2 heterocycles. The molecule has 0 aliphatic carbocycles. The van der Waals surface area contributed by atoms with Gasteiger partial charge in [0.25, 0.3) is 5.91 Å². The summed E-state index contributed by atoms with van der Waals surface area (Å²) in [6.45, 7) is 0. The molecule has 2 aliphatic heterocycles. The van der Waals surface area contributed by atoms with Crippen molar-refractivity contribution in [2.75, 3.05) is 11.9 Å². The summed E-state index contributed by atoms with van der Waals surface area (Å²) in [5.74, 6) is -0.819. The maximum atomic E-state index is 13.8. The lowest BCUT2D eigenvalue weighted by molar-refractivity contribution is -0.527. The number of nitrogens with one attached hydrogen (secondary N) is 1. The van der Waals surface area contributed by atoms with Crippen molar-refractivity contribution in [2.24, 2.45) is 0 Å². The molecule has 6 nitrogen and oxygen atoms in total. The van der Waals surface area contributed by atoms with Gasteiger partial charge in [-0.3, -0.25) is 20.2 Å². The maximum Gasteiger partial charge on any atom is 0.252 e. The highest BCUT2D eigenvalue weighted by Crippen LogP contribution is 2.56. The number of likely N-dealkylation sites (N-methyl/N-ethyl adjacent to an activating group) is 1. The number of para-hydroxylation sites is 1. The molecule has 2 aliphatic rings. The summed E-state index contributed by atoms with van der Waals surface area (Å²) in [6, 6.07) is 24.7. The van der Waals surface area contributed by atoms with Gasteiger partial charge in [0.2, 0.25) is 6.04 Å². The van der Waals surface area contributed by atoms with Gasteiger partial charge in [-0.2, -0.15) is 0 Å². The highest BCUT2D eigenvalue weighted by atomic mass is 16.6. The van der Waals surface area contributed by atoms with E-state index in [1.54, 1.807) is 11.9 Å². The molecule has 1 spiro atoms. The highest BCUT2D eigenvalue weighted by molar-refractivity contribution is 6.08. The van der Waals surface area contributed by atoms with E-state index in [9.17, 15) is 14.9 Å². The summed E-state index contributed by atoms with van der Waals surface area (Å²) in [4.78, 5) is 27.6. The smallest absolute Gasteiger partial charge is 0.252 e. The normalized spacial score (nSPS) is 27.4. The summed E-state index contributed by atoms with van der Waals surface area (Å²) in [7, 11) is 1.73. The van der Waals surface area contributed by atoms with Gasteiger partial charge in [0.15, 0.2) is 0 Å². The van der Waals surface area contributed by atoms with Crippen molar-refractivity contribution in [2.45, 2.75) is 23.5 Å². The predicted octanol–water partition coefficient (Wildman–Crippen LogP) is 3.63. The summed E-state index contributed by atoms with van der Waals surface area (Å²) in [5.41, 5.74) is 1.95. The Balaban J connectivity index is 1.80. The quantitative estimate of drug-likeness (QED) is 0.539. The van der Waals surface area contributed by atoms with E-state index in [1.165, 1.54) is 0 Å². The molecule has 5 rings (SSSR count). The Morgan fingerprint density at radius 2 is 1.47 bits per heavy atom. The van der Waals surface area contributed by atoms with E-state index in [2.05, 4.69) is 5.32 Å². The van der Waals surface area contributed by atoms with Crippen LogP contribution in [0, 0.1) is 10.1 Å². The summed E-state index contributed by atoms with van der Waals surface area (Å²) < 4.78 is 0. The van der Waals surface area contributed by atoms with E-state index in [0.29, 0.717) is 0 Å². The summed E-state index contributed by atoms with van der Waals surface area (Å²) in [5, 5.41) is 15.9. The molecule has 0 saturated carbocycles. The number of benzene rings is 3. The SMILES string of the molecule is CN1C(=O)[C@]2(N[C@H](c3ccccc3)[C@H]([N+](=O)[O-])[C@H]2c2ccccc2)c2ccccc21. The molecule has 0 aromatic heterocycles. The lowest BCUT2D eigenvalue weighted by atomic mass is 9.74. The third-order valence-corrected chi connectivity index (χ3v) is 6.43. The van der Waals surface area contributed by atoms with Crippen molar-refractivity contribution >= 4 is 11.6 Å². The van der Waals surface area contributed by atoms with Crippen LogP contribution < -0.4 is 10.2 Å². The van der Waals surface area contributed by atoms with Gasteiger partial charge in [-0.1, -0.05) is 78.9 Å². The van der Waals surface area contributed by atoms with Crippen LogP contribution in [0.3, 0.4) is 0 Å². The van der Waals surface area contributed by atoms with Crippen molar-refractivity contribution in [1.29, 1.82) is 0 Å². The van der Waals surface area contributed by atoms with E-state index in [1.807, 2.05) is 84.9 Å². The third kappa shape index (κ3) is 2.44. The first-order valence-corrected chi connectivity index (χ1v) is 9.94. The number of carbonyl (C=O) groups is 1. The molecule has 150 valence electrons. The number of nitro groups is 1. The number of hydrogen-bond acceptors (Lipinski definition) is 4. The zero-order valence-corrected chi connectivity index (χ0v) is 16.4. The fourth-order valence-electron chi connectivity index (χ4n) is 5.19. The van der Waals surface area contributed by atoms with Crippen molar-refractivity contribution in [3.8, 4) is 0 Å². The third-order valence-electron chi connectivity index (χ3n) is 6.43. The number of amides is 1. The van der Waals surface area contributed by atoms with Crippen LogP contribution in [0.4, 0.5) is 5.69 Å². The Labute approximate surface area is 174 Å². The Bertz CT molecular complexity index is 1120. The second-order valence-electron chi connectivity index (χ2n) is 7.89. The van der Waals surface area contributed by atoms with Crippen molar-refractivity contribution in [1.82, 2.24) is 5.32 Å². The second-order valence-corrected chi connectivity index (χ2v) is 7.89. The van der Waals surface area contributed by atoms with Crippen molar-refractivity contribution in [3.05, 3.63) is 112 Å². The van der Waals surface area contributed by atoms with Crippen LogP contribution in [-0.4, -0.2) is 23.9 Å². The zero-order valence-electron chi connectivity index (χ0n) is 16.4. The minimum Gasteiger partial charge on any atom is -0.313 e. The Morgan fingerprint density at radius 1 is 0.900 bits per heavy atom. The van der Waals surface area contributed by atoms with Gasteiger partial charge in [-0.25, -0.2) is 0 Å². The zero-order chi connectivity index (χ0) is 20.9. The van der Waals surface area contributed by atoms with Gasteiger partial charge >= 0.3 is 0 Å². The minimum absolute atomic E-state index is 0.164. The number of fused-ring (bicyclic) bond motifs is 2. The monoisotopic (exact) mass is 399 g/mol. The average molecular weight is 399 g/mol. The second kappa shape index (κ2) is 6.78. The van der Waals surface area contributed by atoms with Crippen LogP contribution in [0.25, 0.3) is 0 Å². The molecule has 1 amide bonds. The molecule has 1 N–H and O–H groups in total. The first-order valence-electron chi connectivity index (χ1n) is 9.94. The maximum absolute atomic E-state index is 13.8. The van der Waals surface area contributed by atoms with Crippen LogP contribution in [0.2, 0.25) is 0 Å². The molecular formula is C24H21N3O3. The van der Waals surface area contributed by atoms with Gasteiger partial charge in [0.1, 0.15) is 11.6 Å². The number of hydrogen-bond donors (Lipinski definition) is 1. The van der Waals surface area contributed by atoms with Gasteiger partial charge < -0.3 is 4.90 Å². The standard InChI is InChI=1S/C24H21N3O3/c1-26-19-15-9-8-14-18(19)24(23(26)28)20(16-10-4-2-5-11-16)22(27(29)30)21(25-24)17-12-6-3-7-13-17/h2-15,20-22,25H,1H3/t20-,21-,22-,24+/m1/s1. The van der Waals surface area contributed by atoms with E-state index in [0.717, 1.165) is 22.4 Å². The lowest BCUT2D eigenvalue weighted by Crippen LogP contribution is -2.50. The van der Waals surface area contributed by atoms with E-state index >= 15 is 0 Å². The van der Waals surface area contributed by atoms with Gasteiger partial charge in [-0.05, 0) is 17.2 Å². The number of anilines is 1. The summed E-state index contributed by atoms with van der Waals surface area (Å²) >= 11 is 0. The summed E-state index contributed by atoms with van der Waals surface area (Å²) in [6.07, 6.45) is 0. The minimum atomic E-state index is -1.20. The number of carbonyl (C=O) groups excluding carboxylic acids is 1. The number of rotatable bonds is 3. The molecule has 4 atom stereocenters. The molecule has 3 aromatic rings. The van der Waals surface area contributed by atoms with Gasteiger partial charge in [0, 0.05) is 23.2 Å². The molecule has 3 aromatic carbocycles. The lowest BCUT2D eigenvalue weighted by Gasteiger charge is -2.30. The highest BCUT2D eigenvalue weighted by Gasteiger charge is 2.67. The van der Waals surface area contributed by atoms with E-state index < -0.39 is 23.5 Å². The first kappa shape index (κ1) is 18.5. The van der Waals surface area contributed by atoms with Crippen LogP contribution in [0.5, 0.6) is 0 Å². The number of nitrogens with zero attached hydrogens (tertiary/aromatic N) is 2. The fraction of sp³-hybridized carbons (Fsp3) is 0.208. The topological polar surface area (TPSA) is 75.5 Å². The molecule has 0 bridgehead atoms. The van der Waals surface area contributed by atoms with Crippen LogP contribution in [-0.2, 0) is 10.3 Å². The molecule has 6 heteroatoms. The Morgan fingerprint density at radius 3 is 2.10 bits per heavy atom. The predicted molar refractivity (Wildman–Crippen MR) is 114 cm³/mol. The molecule has 0 radical (unpaired) electrons. The van der Waals surface area contributed by atoms with E-state index in [4.69, 9.17) is 0 Å². The van der Waals surface area contributed by atoms with Gasteiger partial charge in [0.05, 0.1) is 5.92 Å². The molecule has 0 unspecified atom stereocenters. The van der Waals surface area contributed by atoms with Crippen molar-refractivity contribution < 1.29 is 9.72 Å². The average Bonchev–Trinajstić information content (AvgIpc) is 3.25. The largest absolute Gasteiger partial charge is 0.313 e. The molecule has 1 saturated heterocycles. The molecular weight excluding hydrogens is 378 g/mol. The van der Waals surface area contributed by atoms with E-state index in [-0.39, 0.29) is 10.8 Å². The Hall–Kier alpha value is -3.51. The fourth-order valence-corrected chi connectivity index (χ4v) is 5.19. The van der Waals surface area contributed by atoms with Gasteiger partial charge in [-0.15, -0.1) is 0 Å². The Kier molecular flexibility index (Phi) is 4.18. The molecule has 1 fully saturated rings. The van der Waals surface area contributed by atoms with Crippen LogP contribution >= 0.6 is 0 Å².